The first-order valence-corrected chi connectivity index (χ1v) is 7.31. The summed E-state index contributed by atoms with van der Waals surface area (Å²) in [5.41, 5.74) is 2.36. The standard InChI is InChI=1S/C18H17FN4O/c1-4-8-21-11-17(24)22-18-16(10-20)12(2)13(3)23(18)15-7-5-6-14(19)9-15/h1,5-7,9,21H,8,11H2,2-3H3,(H,22,24). The maximum absolute atomic E-state index is 13.6. The Kier molecular flexibility index (Phi) is 5.36. The van der Waals surface area contributed by atoms with Crippen LogP contribution in [0.1, 0.15) is 16.8 Å². The fraction of sp³-hybridized carbons (Fsp3) is 0.222. The average molecular weight is 324 g/mol. The molecule has 1 amide bonds. The summed E-state index contributed by atoms with van der Waals surface area (Å²) in [4.78, 5) is 12.1. The fourth-order valence-corrected chi connectivity index (χ4v) is 2.42. The van der Waals surface area contributed by atoms with E-state index in [0.29, 0.717) is 17.1 Å². The number of anilines is 1. The van der Waals surface area contributed by atoms with Gasteiger partial charge in [0.05, 0.1) is 24.3 Å². The molecule has 0 fully saturated rings. The molecular formula is C18H17FN4O. The summed E-state index contributed by atoms with van der Waals surface area (Å²) >= 11 is 0. The Balaban J connectivity index is 2.46. The van der Waals surface area contributed by atoms with Crippen molar-refractivity contribution in [1.82, 2.24) is 9.88 Å². The average Bonchev–Trinajstić information content (AvgIpc) is 2.78. The monoisotopic (exact) mass is 324 g/mol. The van der Waals surface area contributed by atoms with Crippen LogP contribution in [0.5, 0.6) is 0 Å². The lowest BCUT2D eigenvalue weighted by Crippen LogP contribution is -2.29. The van der Waals surface area contributed by atoms with Gasteiger partial charge in [-0.05, 0) is 37.6 Å². The molecule has 1 heterocycles. The molecule has 2 aromatic rings. The van der Waals surface area contributed by atoms with Crippen LogP contribution in [0.3, 0.4) is 0 Å². The summed E-state index contributed by atoms with van der Waals surface area (Å²) in [6.07, 6.45) is 5.12. The summed E-state index contributed by atoms with van der Waals surface area (Å²) in [6, 6.07) is 8.07. The summed E-state index contributed by atoms with van der Waals surface area (Å²) in [7, 11) is 0. The van der Waals surface area contributed by atoms with Crippen LogP contribution in [0.25, 0.3) is 5.69 Å². The lowest BCUT2D eigenvalue weighted by molar-refractivity contribution is -0.115. The number of rotatable bonds is 5. The fourth-order valence-electron chi connectivity index (χ4n) is 2.42. The molecule has 24 heavy (non-hydrogen) atoms. The highest BCUT2D eigenvalue weighted by Crippen LogP contribution is 2.30. The smallest absolute Gasteiger partial charge is 0.239 e. The number of carbonyl (C=O) groups excluding carboxylic acids is 1. The Morgan fingerprint density at radius 3 is 2.79 bits per heavy atom. The van der Waals surface area contributed by atoms with Crippen molar-refractivity contribution >= 4 is 11.7 Å². The topological polar surface area (TPSA) is 69.8 Å². The first kappa shape index (κ1) is 17.3. The van der Waals surface area contributed by atoms with Gasteiger partial charge in [0.1, 0.15) is 17.7 Å². The Morgan fingerprint density at radius 2 is 2.17 bits per heavy atom. The molecular weight excluding hydrogens is 307 g/mol. The van der Waals surface area contributed by atoms with E-state index < -0.39 is 5.82 Å². The van der Waals surface area contributed by atoms with E-state index in [1.54, 1.807) is 23.6 Å². The molecule has 2 rings (SSSR count). The molecule has 2 N–H and O–H groups in total. The molecule has 5 nitrogen and oxygen atoms in total. The maximum Gasteiger partial charge on any atom is 0.239 e. The van der Waals surface area contributed by atoms with Crippen molar-refractivity contribution < 1.29 is 9.18 Å². The molecule has 0 radical (unpaired) electrons. The molecule has 0 atom stereocenters. The number of carbonyl (C=O) groups is 1. The Hall–Kier alpha value is -3.09. The second-order valence-corrected chi connectivity index (χ2v) is 5.22. The third-order valence-electron chi connectivity index (χ3n) is 3.66. The van der Waals surface area contributed by atoms with Crippen molar-refractivity contribution in [1.29, 1.82) is 5.26 Å². The van der Waals surface area contributed by atoms with Gasteiger partial charge in [-0.15, -0.1) is 6.42 Å². The van der Waals surface area contributed by atoms with Crippen molar-refractivity contribution in [2.75, 3.05) is 18.4 Å². The summed E-state index contributed by atoms with van der Waals surface area (Å²) in [5, 5.41) is 14.9. The van der Waals surface area contributed by atoms with Crippen molar-refractivity contribution in [3.8, 4) is 24.1 Å². The van der Waals surface area contributed by atoms with Gasteiger partial charge >= 0.3 is 0 Å². The maximum atomic E-state index is 13.6. The van der Waals surface area contributed by atoms with Gasteiger partial charge in [-0.2, -0.15) is 5.26 Å². The number of terminal acetylenes is 1. The van der Waals surface area contributed by atoms with Crippen LogP contribution in [0.15, 0.2) is 24.3 Å². The van der Waals surface area contributed by atoms with E-state index in [0.717, 1.165) is 11.3 Å². The third kappa shape index (κ3) is 3.45. The molecule has 0 aliphatic heterocycles. The molecule has 0 spiro atoms. The van der Waals surface area contributed by atoms with E-state index in [9.17, 15) is 14.4 Å². The van der Waals surface area contributed by atoms with Crippen molar-refractivity contribution in [2.45, 2.75) is 13.8 Å². The Morgan fingerprint density at radius 1 is 1.42 bits per heavy atom. The van der Waals surface area contributed by atoms with E-state index in [1.807, 2.05) is 6.92 Å². The molecule has 0 saturated heterocycles. The number of nitrogens with one attached hydrogen (secondary N) is 2. The van der Waals surface area contributed by atoms with Gasteiger partial charge in [0, 0.05) is 5.69 Å². The van der Waals surface area contributed by atoms with Crippen LogP contribution < -0.4 is 10.6 Å². The van der Waals surface area contributed by atoms with Gasteiger partial charge in [-0.3, -0.25) is 14.7 Å². The number of hydrogen-bond acceptors (Lipinski definition) is 3. The molecule has 0 unspecified atom stereocenters. The molecule has 0 bridgehead atoms. The number of hydrogen-bond donors (Lipinski definition) is 2. The Bertz CT molecular complexity index is 855. The molecule has 0 aliphatic carbocycles. The van der Waals surface area contributed by atoms with Crippen LogP contribution in [0.2, 0.25) is 0 Å². The number of halogens is 1. The minimum Gasteiger partial charge on any atom is -0.310 e. The van der Waals surface area contributed by atoms with Crippen LogP contribution in [0.4, 0.5) is 10.2 Å². The third-order valence-corrected chi connectivity index (χ3v) is 3.66. The highest BCUT2D eigenvalue weighted by atomic mass is 19.1. The number of benzene rings is 1. The van der Waals surface area contributed by atoms with Crippen molar-refractivity contribution in [3.63, 3.8) is 0 Å². The van der Waals surface area contributed by atoms with Crippen LogP contribution >= 0.6 is 0 Å². The predicted molar refractivity (Wildman–Crippen MR) is 90.2 cm³/mol. The first-order chi connectivity index (χ1) is 11.5. The second kappa shape index (κ2) is 7.45. The zero-order valence-electron chi connectivity index (χ0n) is 13.5. The lowest BCUT2D eigenvalue weighted by atomic mass is 10.2. The molecule has 0 aliphatic rings. The quantitative estimate of drug-likeness (QED) is 0.655. The summed E-state index contributed by atoms with van der Waals surface area (Å²) < 4.78 is 15.2. The molecule has 1 aromatic heterocycles. The minimum atomic E-state index is -0.398. The van der Waals surface area contributed by atoms with Gasteiger partial charge in [0.2, 0.25) is 5.91 Å². The first-order valence-electron chi connectivity index (χ1n) is 7.31. The highest BCUT2D eigenvalue weighted by molar-refractivity contribution is 5.93. The van der Waals surface area contributed by atoms with E-state index in [4.69, 9.17) is 6.42 Å². The molecule has 122 valence electrons. The van der Waals surface area contributed by atoms with Gasteiger partial charge < -0.3 is 5.32 Å². The molecule has 0 saturated carbocycles. The van der Waals surface area contributed by atoms with E-state index in [2.05, 4.69) is 22.6 Å². The van der Waals surface area contributed by atoms with Crippen LogP contribution in [-0.2, 0) is 4.79 Å². The second-order valence-electron chi connectivity index (χ2n) is 5.22. The van der Waals surface area contributed by atoms with E-state index >= 15 is 0 Å². The van der Waals surface area contributed by atoms with Gasteiger partial charge in [-0.1, -0.05) is 12.0 Å². The number of nitrogens with zero attached hydrogens (tertiary/aromatic N) is 2. The van der Waals surface area contributed by atoms with Gasteiger partial charge in [0.25, 0.3) is 0 Å². The van der Waals surface area contributed by atoms with Crippen LogP contribution in [0, 0.1) is 43.3 Å². The van der Waals surface area contributed by atoms with Crippen molar-refractivity contribution in [3.05, 3.63) is 46.9 Å². The predicted octanol–water partition coefficient (Wildman–Crippen LogP) is 2.27. The van der Waals surface area contributed by atoms with Gasteiger partial charge in [0.15, 0.2) is 0 Å². The normalized spacial score (nSPS) is 10.0. The molecule has 1 aromatic carbocycles. The largest absolute Gasteiger partial charge is 0.310 e. The van der Waals surface area contributed by atoms with E-state index in [-0.39, 0.29) is 19.0 Å². The number of amides is 1. The Labute approximate surface area is 140 Å². The minimum absolute atomic E-state index is 0.0154. The number of nitriles is 1. The summed E-state index contributed by atoms with van der Waals surface area (Å²) in [5.74, 6) is 1.97. The van der Waals surface area contributed by atoms with Gasteiger partial charge in [-0.25, -0.2) is 4.39 Å². The molecule has 6 heteroatoms. The lowest BCUT2D eigenvalue weighted by Gasteiger charge is -2.13. The highest BCUT2D eigenvalue weighted by Gasteiger charge is 2.20. The van der Waals surface area contributed by atoms with Crippen molar-refractivity contribution in [2.24, 2.45) is 0 Å². The zero-order valence-corrected chi connectivity index (χ0v) is 13.5. The summed E-state index contributed by atoms with van der Waals surface area (Å²) in [6.45, 7) is 3.88. The van der Waals surface area contributed by atoms with E-state index in [1.165, 1.54) is 12.1 Å². The van der Waals surface area contributed by atoms with Crippen LogP contribution in [-0.4, -0.2) is 23.6 Å². The number of aromatic nitrogens is 1. The zero-order chi connectivity index (χ0) is 17.7. The SMILES string of the molecule is C#CCNCC(=O)Nc1c(C#N)c(C)c(C)n1-c1cccc(F)c1.